The lowest BCUT2D eigenvalue weighted by Gasteiger charge is -2.36. The van der Waals surface area contributed by atoms with Crippen LogP contribution in [-0.4, -0.2) is 29.6 Å². The molecule has 0 saturated carbocycles. The molecule has 2 aromatic rings. The van der Waals surface area contributed by atoms with Crippen LogP contribution in [0.15, 0.2) is 39.5 Å². The highest BCUT2D eigenvalue weighted by Crippen LogP contribution is 2.32. The Morgan fingerprint density at radius 3 is 2.70 bits per heavy atom. The van der Waals surface area contributed by atoms with E-state index in [1.54, 1.807) is 24.3 Å². The molecular weight excluding hydrogens is 311 g/mol. The van der Waals surface area contributed by atoms with Crippen molar-refractivity contribution in [1.29, 1.82) is 0 Å². The van der Waals surface area contributed by atoms with Crippen molar-refractivity contribution >= 4 is 16.9 Å². The maximum Gasteiger partial charge on any atom is 0.408 e. The topological polar surface area (TPSA) is 50.5 Å². The lowest BCUT2D eigenvalue weighted by molar-refractivity contribution is -0.183. The molecule has 122 valence electrons. The van der Waals surface area contributed by atoms with Gasteiger partial charge in [0.1, 0.15) is 17.2 Å². The Balaban J connectivity index is 2.02. The third kappa shape index (κ3) is 2.95. The minimum Gasteiger partial charge on any atom is -0.422 e. The van der Waals surface area contributed by atoms with Gasteiger partial charge < -0.3 is 9.32 Å². The first-order valence-corrected chi connectivity index (χ1v) is 7.28. The van der Waals surface area contributed by atoms with Gasteiger partial charge in [0.2, 0.25) is 0 Å². The molecule has 1 amide bonds. The summed E-state index contributed by atoms with van der Waals surface area (Å²) in [6, 6.07) is 5.99. The third-order valence-electron chi connectivity index (χ3n) is 4.01. The van der Waals surface area contributed by atoms with E-state index in [0.29, 0.717) is 23.8 Å². The van der Waals surface area contributed by atoms with E-state index >= 15 is 0 Å². The van der Waals surface area contributed by atoms with Gasteiger partial charge >= 0.3 is 11.8 Å². The number of piperidine rings is 1. The summed E-state index contributed by atoms with van der Waals surface area (Å²) >= 11 is 0. The van der Waals surface area contributed by atoms with Crippen molar-refractivity contribution in [2.45, 2.75) is 31.5 Å². The molecule has 0 aliphatic carbocycles. The highest BCUT2D eigenvalue weighted by atomic mass is 19.4. The van der Waals surface area contributed by atoms with E-state index in [1.807, 2.05) is 0 Å². The molecule has 7 heteroatoms. The molecule has 3 rings (SSSR count). The second-order valence-corrected chi connectivity index (χ2v) is 5.54. The molecule has 1 aliphatic heterocycles. The Hall–Kier alpha value is -2.31. The number of alkyl halides is 3. The minimum atomic E-state index is -4.51. The number of carbonyl (C=O) groups is 1. The molecule has 2 heterocycles. The molecule has 0 spiro atoms. The molecule has 1 unspecified atom stereocenters. The number of likely N-dealkylation sites (tertiary alicyclic amines) is 1. The quantitative estimate of drug-likeness (QED) is 0.756. The SMILES string of the molecule is O=C(c1cc2ccccc2oc1=O)N1CCCCC1C(F)(F)F. The molecule has 1 aliphatic rings. The van der Waals surface area contributed by atoms with Crippen molar-refractivity contribution < 1.29 is 22.4 Å². The van der Waals surface area contributed by atoms with Crippen molar-refractivity contribution in [2.24, 2.45) is 0 Å². The number of hydrogen-bond acceptors (Lipinski definition) is 3. The summed E-state index contributed by atoms with van der Waals surface area (Å²) < 4.78 is 44.4. The fraction of sp³-hybridized carbons (Fsp3) is 0.375. The van der Waals surface area contributed by atoms with Gasteiger partial charge in [-0.25, -0.2) is 4.79 Å². The fourth-order valence-electron chi connectivity index (χ4n) is 2.88. The number of amides is 1. The Morgan fingerprint density at radius 2 is 1.96 bits per heavy atom. The first-order valence-electron chi connectivity index (χ1n) is 7.28. The zero-order valence-corrected chi connectivity index (χ0v) is 12.1. The maximum absolute atomic E-state index is 13.1. The Labute approximate surface area is 129 Å². The largest absolute Gasteiger partial charge is 0.422 e. The monoisotopic (exact) mass is 325 g/mol. The average Bonchev–Trinajstić information content (AvgIpc) is 2.53. The van der Waals surface area contributed by atoms with Crippen LogP contribution in [0.4, 0.5) is 13.2 Å². The number of nitrogens with zero attached hydrogens (tertiary/aromatic N) is 1. The Kier molecular flexibility index (Phi) is 3.87. The van der Waals surface area contributed by atoms with E-state index in [1.165, 1.54) is 6.07 Å². The van der Waals surface area contributed by atoms with Crippen LogP contribution in [0.3, 0.4) is 0 Å². The summed E-state index contributed by atoms with van der Waals surface area (Å²) in [6.07, 6.45) is -3.77. The predicted octanol–water partition coefficient (Wildman–Crippen LogP) is 3.35. The summed E-state index contributed by atoms with van der Waals surface area (Å²) in [6.45, 7) is -0.0186. The molecule has 1 saturated heterocycles. The van der Waals surface area contributed by atoms with Crippen molar-refractivity contribution in [2.75, 3.05) is 6.54 Å². The summed E-state index contributed by atoms with van der Waals surface area (Å²) in [7, 11) is 0. The minimum absolute atomic E-state index is 0.0186. The van der Waals surface area contributed by atoms with Gasteiger partial charge in [-0.15, -0.1) is 0 Å². The lowest BCUT2D eigenvalue weighted by Crippen LogP contribution is -2.52. The molecule has 1 aromatic heterocycles. The number of carbonyl (C=O) groups excluding carboxylic acids is 1. The molecule has 0 radical (unpaired) electrons. The first-order chi connectivity index (χ1) is 10.9. The molecular formula is C16H14F3NO3. The highest BCUT2D eigenvalue weighted by Gasteiger charge is 2.46. The maximum atomic E-state index is 13.1. The van der Waals surface area contributed by atoms with Crippen LogP contribution in [0.1, 0.15) is 29.6 Å². The summed E-state index contributed by atoms with van der Waals surface area (Å²) in [4.78, 5) is 25.2. The van der Waals surface area contributed by atoms with Crippen LogP contribution in [0.5, 0.6) is 0 Å². The van der Waals surface area contributed by atoms with Crippen molar-refractivity contribution in [3.8, 4) is 0 Å². The van der Waals surface area contributed by atoms with Gasteiger partial charge in [0.25, 0.3) is 5.91 Å². The van der Waals surface area contributed by atoms with E-state index in [-0.39, 0.29) is 18.5 Å². The second-order valence-electron chi connectivity index (χ2n) is 5.54. The van der Waals surface area contributed by atoms with Crippen molar-refractivity contribution in [1.82, 2.24) is 4.90 Å². The number of fused-ring (bicyclic) bond motifs is 1. The van der Waals surface area contributed by atoms with Crippen LogP contribution < -0.4 is 5.63 Å². The zero-order valence-electron chi connectivity index (χ0n) is 12.1. The van der Waals surface area contributed by atoms with E-state index in [2.05, 4.69) is 0 Å². The molecule has 1 fully saturated rings. The van der Waals surface area contributed by atoms with Crippen LogP contribution in [0.2, 0.25) is 0 Å². The smallest absolute Gasteiger partial charge is 0.408 e. The van der Waals surface area contributed by atoms with Crippen molar-refractivity contribution in [3.63, 3.8) is 0 Å². The number of hydrogen-bond donors (Lipinski definition) is 0. The van der Waals surface area contributed by atoms with Gasteiger partial charge in [-0.3, -0.25) is 4.79 Å². The fourth-order valence-corrected chi connectivity index (χ4v) is 2.88. The first kappa shape index (κ1) is 15.6. The normalized spacial score (nSPS) is 19.1. The van der Waals surface area contributed by atoms with Gasteiger partial charge in [0, 0.05) is 11.9 Å². The van der Waals surface area contributed by atoms with Crippen LogP contribution in [0, 0.1) is 0 Å². The molecule has 1 atom stereocenters. The molecule has 0 bridgehead atoms. The molecule has 0 N–H and O–H groups in total. The average molecular weight is 325 g/mol. The van der Waals surface area contributed by atoms with E-state index in [0.717, 1.165) is 4.90 Å². The van der Waals surface area contributed by atoms with Gasteiger partial charge in [-0.05, 0) is 31.4 Å². The van der Waals surface area contributed by atoms with Gasteiger partial charge in [0.05, 0.1) is 0 Å². The van der Waals surface area contributed by atoms with Crippen LogP contribution in [-0.2, 0) is 0 Å². The molecule has 23 heavy (non-hydrogen) atoms. The van der Waals surface area contributed by atoms with E-state index in [9.17, 15) is 22.8 Å². The lowest BCUT2D eigenvalue weighted by atomic mass is 10.0. The summed E-state index contributed by atoms with van der Waals surface area (Å²) in [5, 5.41) is 0.496. The van der Waals surface area contributed by atoms with Gasteiger partial charge in [-0.2, -0.15) is 13.2 Å². The standard InChI is InChI=1S/C16H14F3NO3/c17-16(18,19)13-7-3-4-8-20(13)14(21)11-9-10-5-1-2-6-12(10)23-15(11)22/h1-2,5-6,9,13H,3-4,7-8H2. The van der Waals surface area contributed by atoms with E-state index < -0.39 is 23.8 Å². The zero-order chi connectivity index (χ0) is 16.6. The Morgan fingerprint density at radius 1 is 1.22 bits per heavy atom. The summed E-state index contributed by atoms with van der Waals surface area (Å²) in [5.74, 6) is -0.925. The number of para-hydroxylation sites is 1. The number of rotatable bonds is 1. The van der Waals surface area contributed by atoms with E-state index in [4.69, 9.17) is 4.42 Å². The van der Waals surface area contributed by atoms with Crippen molar-refractivity contribution in [3.05, 3.63) is 46.3 Å². The van der Waals surface area contributed by atoms with Gasteiger partial charge in [-0.1, -0.05) is 18.2 Å². The Bertz CT molecular complexity index is 797. The molecule has 1 aromatic carbocycles. The van der Waals surface area contributed by atoms with Crippen LogP contribution >= 0.6 is 0 Å². The molecule has 4 nitrogen and oxygen atoms in total. The van der Waals surface area contributed by atoms with Gasteiger partial charge in [0.15, 0.2) is 0 Å². The highest BCUT2D eigenvalue weighted by molar-refractivity contribution is 5.96. The van der Waals surface area contributed by atoms with Crippen LogP contribution in [0.25, 0.3) is 11.0 Å². The second kappa shape index (κ2) is 5.72. The number of benzene rings is 1. The third-order valence-corrected chi connectivity index (χ3v) is 4.01. The summed E-state index contributed by atoms with van der Waals surface area (Å²) in [5.41, 5.74) is -0.986. The number of halogens is 3. The predicted molar refractivity (Wildman–Crippen MR) is 77.2 cm³/mol.